The Morgan fingerprint density at radius 1 is 1.59 bits per heavy atom. The second-order valence-electron chi connectivity index (χ2n) is 4.50. The van der Waals surface area contributed by atoms with E-state index in [2.05, 4.69) is 15.9 Å². The van der Waals surface area contributed by atoms with E-state index in [9.17, 15) is 4.79 Å². The van der Waals surface area contributed by atoms with Gasteiger partial charge >= 0.3 is 0 Å². The van der Waals surface area contributed by atoms with Crippen LogP contribution in [0, 0.1) is 12.8 Å². The first-order chi connectivity index (χ1) is 8.13. The predicted octanol–water partition coefficient (Wildman–Crippen LogP) is 2.21. The number of benzene rings is 1. The van der Waals surface area contributed by atoms with E-state index < -0.39 is 0 Å². The van der Waals surface area contributed by atoms with Crippen LogP contribution in [-0.4, -0.2) is 35.6 Å². The van der Waals surface area contributed by atoms with Crippen LogP contribution in [0.2, 0.25) is 0 Å². The summed E-state index contributed by atoms with van der Waals surface area (Å²) >= 11 is 3.44. The SMILES string of the molecule is Cc1c(Br)cccc1C(=O)N1CCC(CO)C1. The second-order valence-corrected chi connectivity index (χ2v) is 5.36. The van der Waals surface area contributed by atoms with Gasteiger partial charge in [0.2, 0.25) is 0 Å². The highest BCUT2D eigenvalue weighted by Crippen LogP contribution is 2.23. The summed E-state index contributed by atoms with van der Waals surface area (Å²) in [6.07, 6.45) is 0.898. The molecule has 0 spiro atoms. The highest BCUT2D eigenvalue weighted by molar-refractivity contribution is 9.10. The van der Waals surface area contributed by atoms with Gasteiger partial charge in [0.1, 0.15) is 0 Å². The first-order valence-corrected chi connectivity index (χ1v) is 6.58. The molecule has 1 aliphatic rings. The lowest BCUT2D eigenvalue weighted by Gasteiger charge is -2.17. The molecule has 1 aliphatic heterocycles. The van der Waals surface area contributed by atoms with Crippen LogP contribution >= 0.6 is 15.9 Å². The molecule has 17 heavy (non-hydrogen) atoms. The smallest absolute Gasteiger partial charge is 0.254 e. The number of amides is 1. The van der Waals surface area contributed by atoms with Crippen molar-refractivity contribution in [2.75, 3.05) is 19.7 Å². The van der Waals surface area contributed by atoms with Gasteiger partial charge in [0.05, 0.1) is 0 Å². The summed E-state index contributed by atoms with van der Waals surface area (Å²) in [7, 11) is 0. The van der Waals surface area contributed by atoms with Gasteiger partial charge in [0.15, 0.2) is 0 Å². The monoisotopic (exact) mass is 297 g/mol. The molecule has 0 aliphatic carbocycles. The van der Waals surface area contributed by atoms with Crippen molar-refractivity contribution >= 4 is 21.8 Å². The largest absolute Gasteiger partial charge is 0.396 e. The molecule has 1 atom stereocenters. The Hall–Kier alpha value is -0.870. The van der Waals surface area contributed by atoms with E-state index in [-0.39, 0.29) is 18.4 Å². The van der Waals surface area contributed by atoms with Crippen molar-refractivity contribution in [1.29, 1.82) is 0 Å². The van der Waals surface area contributed by atoms with E-state index in [1.54, 1.807) is 0 Å². The molecule has 0 radical (unpaired) electrons. The third-order valence-corrected chi connectivity index (χ3v) is 4.19. The van der Waals surface area contributed by atoms with Gasteiger partial charge in [-0.1, -0.05) is 22.0 Å². The maximum absolute atomic E-state index is 12.3. The molecule has 0 aromatic heterocycles. The average molecular weight is 298 g/mol. The van der Waals surface area contributed by atoms with Gasteiger partial charge in [-0.15, -0.1) is 0 Å². The molecular formula is C13H16BrNO2. The van der Waals surface area contributed by atoms with Gasteiger partial charge in [-0.05, 0) is 31.0 Å². The van der Waals surface area contributed by atoms with Crippen molar-refractivity contribution in [1.82, 2.24) is 4.90 Å². The minimum absolute atomic E-state index is 0.0692. The second kappa shape index (κ2) is 5.19. The number of aliphatic hydroxyl groups excluding tert-OH is 1. The highest BCUT2D eigenvalue weighted by Gasteiger charge is 2.27. The Labute approximate surface area is 110 Å². The maximum atomic E-state index is 12.3. The highest BCUT2D eigenvalue weighted by atomic mass is 79.9. The molecule has 4 heteroatoms. The van der Waals surface area contributed by atoms with Crippen LogP contribution in [0.3, 0.4) is 0 Å². The van der Waals surface area contributed by atoms with Crippen LogP contribution in [-0.2, 0) is 0 Å². The zero-order chi connectivity index (χ0) is 12.4. The molecule has 1 aromatic rings. The molecule has 1 saturated heterocycles. The summed E-state index contributed by atoms with van der Waals surface area (Å²) in [5.74, 6) is 0.311. The van der Waals surface area contributed by atoms with Gasteiger partial charge in [0.25, 0.3) is 5.91 Å². The van der Waals surface area contributed by atoms with Crippen LogP contribution in [0.15, 0.2) is 22.7 Å². The molecule has 1 fully saturated rings. The molecule has 0 bridgehead atoms. The standard InChI is InChI=1S/C13H16BrNO2/c1-9-11(3-2-4-12(9)14)13(17)15-6-5-10(7-15)8-16/h2-4,10,16H,5-8H2,1H3. The number of hydrogen-bond donors (Lipinski definition) is 1. The number of nitrogens with zero attached hydrogens (tertiary/aromatic N) is 1. The third-order valence-electron chi connectivity index (χ3n) is 3.33. The van der Waals surface area contributed by atoms with E-state index in [0.717, 1.165) is 28.6 Å². The number of aliphatic hydroxyl groups is 1. The van der Waals surface area contributed by atoms with Gasteiger partial charge in [0, 0.05) is 35.7 Å². The topological polar surface area (TPSA) is 40.5 Å². The normalized spacial score (nSPS) is 19.7. The van der Waals surface area contributed by atoms with Crippen molar-refractivity contribution in [2.24, 2.45) is 5.92 Å². The number of carbonyl (C=O) groups excluding carboxylic acids is 1. The molecule has 1 heterocycles. The van der Waals surface area contributed by atoms with Crippen LogP contribution in [0.5, 0.6) is 0 Å². The first-order valence-electron chi connectivity index (χ1n) is 5.78. The fourth-order valence-corrected chi connectivity index (χ4v) is 2.54. The van der Waals surface area contributed by atoms with Crippen molar-refractivity contribution in [3.05, 3.63) is 33.8 Å². The quantitative estimate of drug-likeness (QED) is 0.909. The molecule has 3 nitrogen and oxygen atoms in total. The number of hydrogen-bond acceptors (Lipinski definition) is 2. The number of likely N-dealkylation sites (tertiary alicyclic amines) is 1. The summed E-state index contributed by atoms with van der Waals surface area (Å²) in [5.41, 5.74) is 1.72. The Balaban J connectivity index is 2.18. The minimum atomic E-state index is 0.0692. The van der Waals surface area contributed by atoms with Crippen molar-refractivity contribution in [3.63, 3.8) is 0 Å². The fourth-order valence-electron chi connectivity index (χ4n) is 2.18. The Morgan fingerprint density at radius 3 is 3.00 bits per heavy atom. The molecule has 0 saturated carbocycles. The van der Waals surface area contributed by atoms with Crippen LogP contribution < -0.4 is 0 Å². The molecule has 1 unspecified atom stereocenters. The summed E-state index contributed by atoms with van der Waals surface area (Å²) < 4.78 is 0.959. The Kier molecular flexibility index (Phi) is 3.84. The zero-order valence-electron chi connectivity index (χ0n) is 9.82. The lowest BCUT2D eigenvalue weighted by atomic mass is 10.1. The Bertz CT molecular complexity index is 433. The predicted molar refractivity (Wildman–Crippen MR) is 70.0 cm³/mol. The number of rotatable bonds is 2. The summed E-state index contributed by atoms with van der Waals surface area (Å²) in [6.45, 7) is 3.52. The van der Waals surface area contributed by atoms with Crippen molar-refractivity contribution in [3.8, 4) is 0 Å². The lowest BCUT2D eigenvalue weighted by Crippen LogP contribution is -2.29. The maximum Gasteiger partial charge on any atom is 0.254 e. The van der Waals surface area contributed by atoms with E-state index in [1.807, 2.05) is 30.0 Å². The first kappa shape index (κ1) is 12.6. The summed E-state index contributed by atoms with van der Waals surface area (Å²) in [5, 5.41) is 9.09. The fraction of sp³-hybridized carbons (Fsp3) is 0.462. The van der Waals surface area contributed by atoms with E-state index in [0.29, 0.717) is 6.54 Å². The van der Waals surface area contributed by atoms with E-state index >= 15 is 0 Å². The summed E-state index contributed by atoms with van der Waals surface area (Å²) in [4.78, 5) is 14.1. The van der Waals surface area contributed by atoms with Gasteiger partial charge in [-0.25, -0.2) is 0 Å². The zero-order valence-corrected chi connectivity index (χ0v) is 11.4. The Morgan fingerprint density at radius 2 is 2.35 bits per heavy atom. The van der Waals surface area contributed by atoms with Gasteiger partial charge in [-0.3, -0.25) is 4.79 Å². The van der Waals surface area contributed by atoms with E-state index in [1.165, 1.54) is 0 Å². The van der Waals surface area contributed by atoms with Crippen LogP contribution in [0.4, 0.5) is 0 Å². The average Bonchev–Trinajstić information content (AvgIpc) is 2.80. The molecule has 2 rings (SSSR count). The molecular weight excluding hydrogens is 282 g/mol. The number of halogens is 1. The van der Waals surface area contributed by atoms with Gasteiger partial charge < -0.3 is 10.0 Å². The molecule has 1 aromatic carbocycles. The molecule has 1 amide bonds. The molecule has 92 valence electrons. The van der Waals surface area contributed by atoms with Crippen molar-refractivity contribution < 1.29 is 9.90 Å². The van der Waals surface area contributed by atoms with Crippen molar-refractivity contribution in [2.45, 2.75) is 13.3 Å². The summed E-state index contributed by atoms with van der Waals surface area (Å²) in [6, 6.07) is 5.67. The van der Waals surface area contributed by atoms with Crippen LogP contribution in [0.25, 0.3) is 0 Å². The molecule has 1 N–H and O–H groups in total. The third kappa shape index (κ3) is 2.53. The van der Waals surface area contributed by atoms with E-state index in [4.69, 9.17) is 5.11 Å². The van der Waals surface area contributed by atoms with Crippen LogP contribution in [0.1, 0.15) is 22.3 Å². The number of carbonyl (C=O) groups is 1. The minimum Gasteiger partial charge on any atom is -0.396 e. The van der Waals surface area contributed by atoms with Gasteiger partial charge in [-0.2, -0.15) is 0 Å². The lowest BCUT2D eigenvalue weighted by molar-refractivity contribution is 0.0781.